The van der Waals surface area contributed by atoms with Crippen LogP contribution in [0.15, 0.2) is 36.4 Å². The Balaban J connectivity index is 1.56. The SMILES string of the molecule is CC(N)(CO)c1nnc(-c2ccc(OCCCCCOc3cccc(F)c3F)c(C(F)(F)F)c2)s1. The molecule has 1 atom stereocenters. The maximum absolute atomic E-state index is 13.7. The standard InChI is InChI=1S/C23H24F5N3O3S/c1-22(29,13-32)21-31-30-20(35-21)14-8-9-17(15(12-14)23(26,27)28)33-10-3-2-4-11-34-18-7-5-6-16(24)19(18)25/h5-9,12,32H,2-4,10-11,13,29H2,1H3. The van der Waals surface area contributed by atoms with Crippen LogP contribution in [0.5, 0.6) is 11.5 Å². The van der Waals surface area contributed by atoms with Gasteiger partial charge in [0.2, 0.25) is 5.82 Å². The van der Waals surface area contributed by atoms with Crippen LogP contribution in [-0.2, 0) is 11.7 Å². The van der Waals surface area contributed by atoms with E-state index in [1.54, 1.807) is 6.92 Å². The van der Waals surface area contributed by atoms with E-state index in [9.17, 15) is 27.1 Å². The Labute approximate surface area is 202 Å². The van der Waals surface area contributed by atoms with Gasteiger partial charge in [-0.1, -0.05) is 17.4 Å². The van der Waals surface area contributed by atoms with Crippen molar-refractivity contribution in [2.24, 2.45) is 5.73 Å². The van der Waals surface area contributed by atoms with Crippen molar-refractivity contribution in [1.29, 1.82) is 0 Å². The molecular formula is C23H24F5N3O3S. The van der Waals surface area contributed by atoms with Gasteiger partial charge in [0.25, 0.3) is 0 Å². The number of rotatable bonds is 11. The Morgan fingerprint density at radius 3 is 2.31 bits per heavy atom. The van der Waals surface area contributed by atoms with E-state index in [0.717, 1.165) is 23.5 Å². The first-order valence-electron chi connectivity index (χ1n) is 10.7. The summed E-state index contributed by atoms with van der Waals surface area (Å²) in [6.07, 6.45) is -3.19. The molecule has 0 aliphatic heterocycles. The van der Waals surface area contributed by atoms with Crippen molar-refractivity contribution in [1.82, 2.24) is 10.2 Å². The second kappa shape index (κ2) is 11.3. The van der Waals surface area contributed by atoms with Crippen molar-refractivity contribution < 1.29 is 36.5 Å². The lowest BCUT2D eigenvalue weighted by molar-refractivity contribution is -0.138. The predicted octanol–water partition coefficient (Wildman–Crippen LogP) is 5.30. The maximum Gasteiger partial charge on any atom is 0.419 e. The molecule has 0 spiro atoms. The molecule has 0 fully saturated rings. The van der Waals surface area contributed by atoms with Crippen molar-refractivity contribution in [2.75, 3.05) is 19.8 Å². The number of hydrogen-bond acceptors (Lipinski definition) is 7. The highest BCUT2D eigenvalue weighted by atomic mass is 32.1. The second-order valence-electron chi connectivity index (χ2n) is 8.01. The van der Waals surface area contributed by atoms with Crippen LogP contribution in [-0.4, -0.2) is 35.1 Å². The molecule has 190 valence electrons. The van der Waals surface area contributed by atoms with Gasteiger partial charge in [-0.25, -0.2) is 4.39 Å². The molecule has 1 aromatic heterocycles. The quantitative estimate of drug-likeness (QED) is 0.265. The van der Waals surface area contributed by atoms with Crippen molar-refractivity contribution in [3.8, 4) is 22.1 Å². The second-order valence-corrected chi connectivity index (χ2v) is 8.98. The summed E-state index contributed by atoms with van der Waals surface area (Å²) in [6.45, 7) is 1.31. The first-order valence-corrected chi connectivity index (χ1v) is 11.5. The van der Waals surface area contributed by atoms with E-state index < -0.39 is 35.5 Å². The lowest BCUT2D eigenvalue weighted by Gasteiger charge is -2.17. The summed E-state index contributed by atoms with van der Waals surface area (Å²) in [5, 5.41) is 17.7. The highest BCUT2D eigenvalue weighted by Gasteiger charge is 2.35. The van der Waals surface area contributed by atoms with Crippen molar-refractivity contribution in [3.05, 3.63) is 58.6 Å². The fourth-order valence-electron chi connectivity index (χ4n) is 2.99. The predicted molar refractivity (Wildman–Crippen MR) is 120 cm³/mol. The van der Waals surface area contributed by atoms with Crippen LogP contribution >= 0.6 is 11.3 Å². The summed E-state index contributed by atoms with van der Waals surface area (Å²) in [4.78, 5) is 0. The molecule has 6 nitrogen and oxygen atoms in total. The van der Waals surface area contributed by atoms with Crippen LogP contribution in [0, 0.1) is 11.6 Å². The molecule has 0 bridgehead atoms. The number of benzene rings is 2. The lowest BCUT2D eigenvalue weighted by Crippen LogP contribution is -2.36. The van der Waals surface area contributed by atoms with Crippen LogP contribution in [0.1, 0.15) is 36.8 Å². The number of alkyl halides is 3. The van der Waals surface area contributed by atoms with Crippen molar-refractivity contribution in [3.63, 3.8) is 0 Å². The van der Waals surface area contributed by atoms with E-state index in [1.165, 1.54) is 24.3 Å². The number of nitrogens with zero attached hydrogens (tertiary/aromatic N) is 2. The summed E-state index contributed by atoms with van der Waals surface area (Å²) in [5.74, 6) is -2.57. The van der Waals surface area contributed by atoms with Crippen LogP contribution in [0.3, 0.4) is 0 Å². The topological polar surface area (TPSA) is 90.5 Å². The third-order valence-corrected chi connectivity index (χ3v) is 6.25. The fourth-order valence-corrected chi connectivity index (χ4v) is 3.88. The highest BCUT2D eigenvalue weighted by Crippen LogP contribution is 2.40. The van der Waals surface area contributed by atoms with Crippen LogP contribution in [0.25, 0.3) is 10.6 Å². The van der Waals surface area contributed by atoms with Gasteiger partial charge >= 0.3 is 6.18 Å². The molecule has 0 aliphatic rings. The van der Waals surface area contributed by atoms with Gasteiger partial charge in [0, 0.05) is 5.56 Å². The summed E-state index contributed by atoms with van der Waals surface area (Å²) >= 11 is 1.00. The third kappa shape index (κ3) is 6.86. The number of aliphatic hydroxyl groups is 1. The van der Waals surface area contributed by atoms with Crippen LogP contribution < -0.4 is 15.2 Å². The van der Waals surface area contributed by atoms with Gasteiger partial charge in [-0.3, -0.25) is 0 Å². The average Bonchev–Trinajstić information content (AvgIpc) is 3.32. The van der Waals surface area contributed by atoms with Crippen molar-refractivity contribution in [2.45, 2.75) is 37.9 Å². The lowest BCUT2D eigenvalue weighted by atomic mass is 10.1. The average molecular weight is 518 g/mol. The van der Waals surface area contributed by atoms with Crippen LogP contribution in [0.4, 0.5) is 22.0 Å². The molecule has 35 heavy (non-hydrogen) atoms. The van der Waals surface area contributed by atoms with Gasteiger partial charge in [-0.2, -0.15) is 17.6 Å². The Morgan fingerprint density at radius 1 is 0.971 bits per heavy atom. The molecule has 1 heterocycles. The van der Waals surface area contributed by atoms with E-state index in [1.807, 2.05) is 0 Å². The molecule has 12 heteroatoms. The Morgan fingerprint density at radius 2 is 1.66 bits per heavy atom. The van der Waals surface area contributed by atoms with Gasteiger partial charge in [0.1, 0.15) is 15.8 Å². The molecule has 3 rings (SSSR count). The number of hydrogen-bond donors (Lipinski definition) is 2. The van der Waals surface area contributed by atoms with E-state index in [4.69, 9.17) is 15.2 Å². The minimum absolute atomic E-state index is 0.0295. The normalized spacial score (nSPS) is 13.5. The zero-order chi connectivity index (χ0) is 25.6. The number of aromatic nitrogens is 2. The van der Waals surface area contributed by atoms with Gasteiger partial charge in [-0.15, -0.1) is 10.2 Å². The summed E-state index contributed by atoms with van der Waals surface area (Å²) in [6, 6.07) is 7.24. The number of aliphatic hydroxyl groups excluding tert-OH is 1. The summed E-state index contributed by atoms with van der Waals surface area (Å²) < 4.78 is 78.2. The minimum atomic E-state index is -4.66. The third-order valence-electron chi connectivity index (χ3n) is 4.99. The first kappa shape index (κ1) is 26.8. The van der Waals surface area contributed by atoms with Crippen molar-refractivity contribution >= 4 is 11.3 Å². The van der Waals surface area contributed by atoms with Gasteiger partial charge < -0.3 is 20.3 Å². The zero-order valence-electron chi connectivity index (χ0n) is 18.7. The highest BCUT2D eigenvalue weighted by molar-refractivity contribution is 7.14. The van der Waals surface area contributed by atoms with E-state index >= 15 is 0 Å². The van der Waals surface area contributed by atoms with E-state index in [0.29, 0.717) is 24.3 Å². The summed E-state index contributed by atoms with van der Waals surface area (Å²) in [5.41, 5.74) is 4.01. The smallest absolute Gasteiger partial charge is 0.419 e. The maximum atomic E-state index is 13.7. The largest absolute Gasteiger partial charge is 0.493 e. The monoisotopic (exact) mass is 517 g/mol. The molecule has 0 saturated carbocycles. The zero-order valence-corrected chi connectivity index (χ0v) is 19.6. The summed E-state index contributed by atoms with van der Waals surface area (Å²) in [7, 11) is 0. The fraction of sp³-hybridized carbons (Fsp3) is 0.391. The number of unbranched alkanes of at least 4 members (excludes halogenated alkanes) is 2. The molecule has 0 aliphatic carbocycles. The first-order chi connectivity index (χ1) is 16.5. The van der Waals surface area contributed by atoms with Crippen LogP contribution in [0.2, 0.25) is 0 Å². The number of nitrogens with two attached hydrogens (primary N) is 1. The minimum Gasteiger partial charge on any atom is -0.493 e. The Bertz CT molecular complexity index is 1140. The number of halogens is 5. The molecule has 0 saturated heterocycles. The molecule has 1 unspecified atom stereocenters. The molecule has 3 aromatic rings. The number of ether oxygens (including phenoxy) is 2. The van der Waals surface area contributed by atoms with E-state index in [-0.39, 0.29) is 35.3 Å². The Hall–Kier alpha value is -2.83. The molecular weight excluding hydrogens is 493 g/mol. The molecule has 2 aromatic carbocycles. The van der Waals surface area contributed by atoms with Gasteiger partial charge in [0.05, 0.1) is 30.9 Å². The molecule has 0 amide bonds. The molecule has 3 N–H and O–H groups in total. The van der Waals surface area contributed by atoms with E-state index in [2.05, 4.69) is 10.2 Å². The van der Waals surface area contributed by atoms with Gasteiger partial charge in [0.15, 0.2) is 11.6 Å². The van der Waals surface area contributed by atoms with Gasteiger partial charge in [-0.05, 0) is 56.5 Å². The Kier molecular flexibility index (Phi) is 8.62. The molecule has 0 radical (unpaired) electrons.